The van der Waals surface area contributed by atoms with E-state index in [1.807, 2.05) is 61.7 Å². The molecule has 0 atom stereocenters. The lowest BCUT2D eigenvalue weighted by Gasteiger charge is -2.25. The summed E-state index contributed by atoms with van der Waals surface area (Å²) in [5.41, 5.74) is 2.66. The van der Waals surface area contributed by atoms with Crippen molar-refractivity contribution in [3.05, 3.63) is 47.9 Å². The third-order valence-electron chi connectivity index (χ3n) is 3.11. The van der Waals surface area contributed by atoms with E-state index >= 15 is 0 Å². The molecule has 0 saturated heterocycles. The third kappa shape index (κ3) is 4.76. The van der Waals surface area contributed by atoms with Crippen LogP contribution < -0.4 is 5.32 Å². The highest BCUT2D eigenvalue weighted by molar-refractivity contribution is 7.51. The van der Waals surface area contributed by atoms with Crippen molar-refractivity contribution in [3.63, 3.8) is 0 Å². The second kappa shape index (κ2) is 8.97. The predicted octanol–water partition coefficient (Wildman–Crippen LogP) is 3.07. The molecule has 2 aromatic heterocycles. The second-order valence-corrected chi connectivity index (χ2v) is 5.48. The van der Waals surface area contributed by atoms with E-state index in [0.29, 0.717) is 0 Å². The average Bonchev–Trinajstić information content (AvgIpc) is 3.09. The zero-order valence-electron chi connectivity index (χ0n) is 14.5. The summed E-state index contributed by atoms with van der Waals surface area (Å²) in [5, 5.41) is 15.2. The zero-order valence-corrected chi connectivity index (χ0v) is 15.3. The molecule has 130 valence electrons. The molecule has 0 bridgehead atoms. The Bertz CT molecular complexity index is 789. The lowest BCUT2D eigenvalue weighted by Crippen LogP contribution is -2.30. The molecule has 7 nitrogen and oxygen atoms in total. The van der Waals surface area contributed by atoms with Crippen LogP contribution in [0, 0.1) is 6.92 Å². The average molecular weight is 349 g/mol. The SMILES string of the molecule is CC.Cc1cc2nnc(C(C)(C)Nc3ccccc3)n2[nH]1.O=S=O. The number of aromatic nitrogens is 4. The summed E-state index contributed by atoms with van der Waals surface area (Å²) in [6, 6.07) is 12.1. The number of H-pyrrole nitrogens is 1. The smallest absolute Gasteiger partial charge is 0.335 e. The number of hydrogen-bond donors (Lipinski definition) is 2. The molecule has 0 unspecified atom stereocenters. The summed E-state index contributed by atoms with van der Waals surface area (Å²) in [4.78, 5) is 0. The van der Waals surface area contributed by atoms with Crippen molar-refractivity contribution in [2.24, 2.45) is 0 Å². The lowest BCUT2D eigenvalue weighted by molar-refractivity contribution is 0.543. The van der Waals surface area contributed by atoms with Crippen LogP contribution in [0.2, 0.25) is 0 Å². The van der Waals surface area contributed by atoms with Crippen molar-refractivity contribution in [1.82, 2.24) is 19.8 Å². The summed E-state index contributed by atoms with van der Waals surface area (Å²) in [6.45, 7) is 10.2. The minimum atomic E-state index is -0.750. The molecule has 0 aliphatic heterocycles. The molecule has 8 heteroatoms. The highest BCUT2D eigenvalue weighted by atomic mass is 32.1. The van der Waals surface area contributed by atoms with Gasteiger partial charge in [0.15, 0.2) is 11.5 Å². The van der Waals surface area contributed by atoms with Crippen LogP contribution in [0.5, 0.6) is 0 Å². The number of anilines is 1. The molecule has 3 rings (SSSR count). The second-order valence-electron chi connectivity index (χ2n) is 5.34. The molecule has 0 fully saturated rings. The van der Waals surface area contributed by atoms with Gasteiger partial charge in [0.2, 0.25) is 0 Å². The van der Waals surface area contributed by atoms with E-state index in [2.05, 4.69) is 34.5 Å². The molecule has 24 heavy (non-hydrogen) atoms. The van der Waals surface area contributed by atoms with Gasteiger partial charge in [0, 0.05) is 17.4 Å². The first-order valence-electron chi connectivity index (χ1n) is 7.64. The molecule has 1 aromatic carbocycles. The Morgan fingerprint density at radius 2 is 1.71 bits per heavy atom. The fourth-order valence-corrected chi connectivity index (χ4v) is 2.25. The standard InChI is InChI=1S/C14H17N5.C2H6.O2S/c1-10-9-12-16-17-13(19(12)18-10)14(2,3)15-11-7-5-4-6-8-11;1-2;1-3-2/h4-9,15,18H,1-3H3;1-2H3;. The van der Waals surface area contributed by atoms with E-state index < -0.39 is 11.6 Å². The molecular formula is C16H23N5O2S. The van der Waals surface area contributed by atoms with Gasteiger partial charge in [0.25, 0.3) is 0 Å². The molecule has 2 heterocycles. The molecule has 0 amide bonds. The van der Waals surface area contributed by atoms with Crippen molar-refractivity contribution < 1.29 is 8.42 Å². The van der Waals surface area contributed by atoms with E-state index in [-0.39, 0.29) is 5.54 Å². The summed E-state index contributed by atoms with van der Waals surface area (Å²) in [5.74, 6) is 0.861. The lowest BCUT2D eigenvalue weighted by atomic mass is 10.0. The van der Waals surface area contributed by atoms with Gasteiger partial charge < -0.3 is 5.32 Å². The molecule has 0 saturated carbocycles. The molecule has 3 aromatic rings. The van der Waals surface area contributed by atoms with Crippen molar-refractivity contribution in [2.75, 3.05) is 5.32 Å². The number of nitrogens with zero attached hydrogens (tertiary/aromatic N) is 3. The van der Waals surface area contributed by atoms with Crippen LogP contribution in [-0.4, -0.2) is 28.2 Å². The van der Waals surface area contributed by atoms with E-state index in [9.17, 15) is 0 Å². The van der Waals surface area contributed by atoms with E-state index in [1.165, 1.54) is 0 Å². The Labute approximate surface area is 145 Å². The number of rotatable bonds is 3. The van der Waals surface area contributed by atoms with Crippen LogP contribution in [0.1, 0.15) is 39.2 Å². The molecule has 0 aliphatic rings. The first kappa shape index (κ1) is 19.6. The van der Waals surface area contributed by atoms with Gasteiger partial charge in [-0.1, -0.05) is 32.0 Å². The molecular weight excluding hydrogens is 326 g/mol. The van der Waals surface area contributed by atoms with Crippen LogP contribution >= 0.6 is 0 Å². The number of para-hydroxylation sites is 1. The maximum Gasteiger partial charge on any atom is 0.335 e. The van der Waals surface area contributed by atoms with Crippen molar-refractivity contribution in [3.8, 4) is 0 Å². The Balaban J connectivity index is 0.000000521. The Hall–Kier alpha value is -2.48. The van der Waals surface area contributed by atoms with E-state index in [1.54, 1.807) is 0 Å². The Morgan fingerprint density at radius 1 is 1.12 bits per heavy atom. The number of aromatic amines is 1. The fourth-order valence-electron chi connectivity index (χ4n) is 2.25. The van der Waals surface area contributed by atoms with Crippen molar-refractivity contribution in [1.29, 1.82) is 0 Å². The maximum atomic E-state index is 8.29. The van der Waals surface area contributed by atoms with Gasteiger partial charge in [0.05, 0.1) is 5.54 Å². The van der Waals surface area contributed by atoms with Gasteiger partial charge in [-0.05, 0) is 32.9 Å². The number of benzene rings is 1. The number of aryl methyl sites for hydroxylation is 1. The summed E-state index contributed by atoms with van der Waals surface area (Å²) < 4.78 is 18.5. The summed E-state index contributed by atoms with van der Waals surface area (Å²) in [7, 11) is 0. The quantitative estimate of drug-likeness (QED) is 0.758. The van der Waals surface area contributed by atoms with Gasteiger partial charge in [-0.3, -0.25) is 5.10 Å². The fraction of sp³-hybridized carbons (Fsp3) is 0.375. The Kier molecular flexibility index (Phi) is 7.31. The summed E-state index contributed by atoms with van der Waals surface area (Å²) in [6.07, 6.45) is 0. The molecule has 0 spiro atoms. The maximum absolute atomic E-state index is 8.29. The van der Waals surface area contributed by atoms with Crippen LogP contribution in [0.15, 0.2) is 36.4 Å². The number of fused-ring (bicyclic) bond motifs is 1. The Morgan fingerprint density at radius 3 is 2.29 bits per heavy atom. The van der Waals surface area contributed by atoms with Crippen LogP contribution in [-0.2, 0) is 17.1 Å². The molecule has 0 aliphatic carbocycles. The number of hydrogen-bond acceptors (Lipinski definition) is 5. The zero-order chi connectivity index (χ0) is 18.2. The van der Waals surface area contributed by atoms with Gasteiger partial charge >= 0.3 is 11.6 Å². The monoisotopic (exact) mass is 349 g/mol. The van der Waals surface area contributed by atoms with Crippen LogP contribution in [0.4, 0.5) is 5.69 Å². The highest BCUT2D eigenvalue weighted by Gasteiger charge is 2.27. The van der Waals surface area contributed by atoms with Gasteiger partial charge in [-0.2, -0.15) is 8.42 Å². The number of nitrogens with one attached hydrogen (secondary N) is 2. The van der Waals surface area contributed by atoms with Crippen molar-refractivity contribution >= 4 is 22.9 Å². The highest BCUT2D eigenvalue weighted by Crippen LogP contribution is 2.24. The minimum absolute atomic E-state index is 0.321. The van der Waals surface area contributed by atoms with Gasteiger partial charge in [-0.15, -0.1) is 10.2 Å². The predicted molar refractivity (Wildman–Crippen MR) is 95.4 cm³/mol. The summed E-state index contributed by atoms with van der Waals surface area (Å²) >= 11 is -0.750. The van der Waals surface area contributed by atoms with Gasteiger partial charge in [0.1, 0.15) is 0 Å². The first-order valence-corrected chi connectivity index (χ1v) is 8.31. The van der Waals surface area contributed by atoms with Gasteiger partial charge in [-0.25, -0.2) is 4.52 Å². The third-order valence-corrected chi connectivity index (χ3v) is 3.11. The largest absolute Gasteiger partial charge is 0.373 e. The molecule has 0 radical (unpaired) electrons. The van der Waals surface area contributed by atoms with E-state index in [4.69, 9.17) is 8.42 Å². The van der Waals surface area contributed by atoms with Crippen LogP contribution in [0.3, 0.4) is 0 Å². The molecule has 2 N–H and O–H groups in total. The van der Waals surface area contributed by atoms with Crippen LogP contribution in [0.25, 0.3) is 5.65 Å². The first-order chi connectivity index (χ1) is 11.5. The topological polar surface area (TPSA) is 92.2 Å². The normalized spacial score (nSPS) is 10.2. The van der Waals surface area contributed by atoms with E-state index in [0.717, 1.165) is 22.9 Å². The van der Waals surface area contributed by atoms with Crippen molar-refractivity contribution in [2.45, 2.75) is 40.2 Å². The minimum Gasteiger partial charge on any atom is -0.373 e.